The second-order valence-electron chi connectivity index (χ2n) is 7.80. The first-order valence-corrected chi connectivity index (χ1v) is 12.2. The number of pyridine rings is 1. The van der Waals surface area contributed by atoms with Crippen molar-refractivity contribution in [1.29, 1.82) is 0 Å². The molecule has 5 rings (SSSR count). The topological polar surface area (TPSA) is 72.7 Å². The lowest BCUT2D eigenvalue weighted by Crippen LogP contribution is -2.31. The monoisotopic (exact) mass is 477 g/mol. The zero-order chi connectivity index (χ0) is 23.9. The van der Waals surface area contributed by atoms with Crippen molar-refractivity contribution in [2.45, 2.75) is 11.2 Å². The Labute approximate surface area is 208 Å². The third kappa shape index (κ3) is 5.31. The van der Waals surface area contributed by atoms with Gasteiger partial charge in [0.15, 0.2) is 11.0 Å². The predicted octanol–water partition coefficient (Wildman–Crippen LogP) is 5.33. The van der Waals surface area contributed by atoms with Crippen LogP contribution in [0.4, 0.5) is 0 Å². The molecule has 172 valence electrons. The average molecular weight is 478 g/mol. The first-order valence-electron chi connectivity index (χ1n) is 11.2. The SMILES string of the molecule is O=C(CSc1nnc(-c2ccccc2)n1-c1ccccc1)NC(c1ccccc1)c1ccccn1. The van der Waals surface area contributed by atoms with Crippen molar-refractivity contribution < 1.29 is 4.79 Å². The zero-order valence-electron chi connectivity index (χ0n) is 18.9. The fourth-order valence-corrected chi connectivity index (χ4v) is 4.56. The molecule has 0 fully saturated rings. The molecule has 0 bridgehead atoms. The molecule has 5 aromatic rings. The van der Waals surface area contributed by atoms with Gasteiger partial charge >= 0.3 is 0 Å². The smallest absolute Gasteiger partial charge is 0.231 e. The lowest BCUT2D eigenvalue weighted by molar-refractivity contribution is -0.119. The van der Waals surface area contributed by atoms with Crippen molar-refractivity contribution in [2.75, 3.05) is 5.75 Å². The van der Waals surface area contributed by atoms with Gasteiger partial charge in [0.2, 0.25) is 5.91 Å². The van der Waals surface area contributed by atoms with Gasteiger partial charge in [-0.2, -0.15) is 0 Å². The average Bonchev–Trinajstić information content (AvgIpc) is 3.36. The van der Waals surface area contributed by atoms with E-state index in [1.54, 1.807) is 6.20 Å². The summed E-state index contributed by atoms with van der Waals surface area (Å²) in [7, 11) is 0. The van der Waals surface area contributed by atoms with Gasteiger partial charge < -0.3 is 5.32 Å². The van der Waals surface area contributed by atoms with Gasteiger partial charge in [-0.05, 0) is 29.8 Å². The van der Waals surface area contributed by atoms with Crippen molar-refractivity contribution in [3.63, 3.8) is 0 Å². The highest BCUT2D eigenvalue weighted by Gasteiger charge is 2.20. The van der Waals surface area contributed by atoms with E-state index >= 15 is 0 Å². The number of carbonyl (C=O) groups is 1. The van der Waals surface area contributed by atoms with E-state index in [1.165, 1.54) is 11.8 Å². The van der Waals surface area contributed by atoms with Crippen LogP contribution in [0.5, 0.6) is 0 Å². The van der Waals surface area contributed by atoms with Crippen LogP contribution in [-0.2, 0) is 4.79 Å². The molecule has 0 aliphatic carbocycles. The molecule has 3 aromatic carbocycles. The van der Waals surface area contributed by atoms with Gasteiger partial charge in [0, 0.05) is 17.4 Å². The lowest BCUT2D eigenvalue weighted by atomic mass is 10.0. The molecule has 1 atom stereocenters. The molecular formula is C28H23N5OS. The molecule has 1 amide bonds. The highest BCUT2D eigenvalue weighted by molar-refractivity contribution is 7.99. The molecule has 6 nitrogen and oxygen atoms in total. The standard InChI is InChI=1S/C28H23N5OS/c34-25(30-26(21-12-4-1-5-13-21)24-18-10-11-19-29-24)20-35-28-32-31-27(22-14-6-2-7-15-22)33(28)23-16-8-3-9-17-23/h1-19,26H,20H2,(H,30,34). The van der Waals surface area contributed by atoms with Crippen molar-refractivity contribution in [2.24, 2.45) is 0 Å². The maximum atomic E-state index is 13.1. The van der Waals surface area contributed by atoms with E-state index in [0.717, 1.165) is 28.3 Å². The summed E-state index contributed by atoms with van der Waals surface area (Å²) in [4.78, 5) is 17.6. The van der Waals surface area contributed by atoms with E-state index in [2.05, 4.69) is 20.5 Å². The number of rotatable bonds is 8. The summed E-state index contributed by atoms with van der Waals surface area (Å²) >= 11 is 1.35. The number of benzene rings is 3. The van der Waals surface area contributed by atoms with Crippen LogP contribution in [-0.4, -0.2) is 31.4 Å². The number of nitrogens with one attached hydrogen (secondary N) is 1. The van der Waals surface area contributed by atoms with Gasteiger partial charge in [0.25, 0.3) is 0 Å². The molecule has 2 aromatic heterocycles. The number of aromatic nitrogens is 4. The van der Waals surface area contributed by atoms with Crippen molar-refractivity contribution >= 4 is 17.7 Å². The summed E-state index contributed by atoms with van der Waals surface area (Å²) in [5, 5.41) is 12.7. The van der Waals surface area contributed by atoms with Crippen LogP contribution < -0.4 is 5.32 Å². The van der Waals surface area contributed by atoms with Crippen LogP contribution in [0.1, 0.15) is 17.3 Å². The number of amides is 1. The van der Waals surface area contributed by atoms with Crippen molar-refractivity contribution in [1.82, 2.24) is 25.1 Å². The summed E-state index contributed by atoms with van der Waals surface area (Å²) in [6, 6.07) is 35.1. The molecular weight excluding hydrogens is 454 g/mol. The normalized spacial score (nSPS) is 11.7. The van der Waals surface area contributed by atoms with Crippen LogP contribution in [0.2, 0.25) is 0 Å². The van der Waals surface area contributed by atoms with E-state index in [-0.39, 0.29) is 17.7 Å². The summed E-state index contributed by atoms with van der Waals surface area (Å²) < 4.78 is 1.99. The molecule has 0 spiro atoms. The molecule has 0 aliphatic heterocycles. The van der Waals surface area contributed by atoms with E-state index in [4.69, 9.17) is 0 Å². The Kier molecular flexibility index (Phi) is 6.96. The largest absolute Gasteiger partial charge is 0.343 e. The predicted molar refractivity (Wildman–Crippen MR) is 138 cm³/mol. The number of para-hydroxylation sites is 1. The summed E-state index contributed by atoms with van der Waals surface area (Å²) in [6.45, 7) is 0. The van der Waals surface area contributed by atoms with Gasteiger partial charge in [-0.3, -0.25) is 14.3 Å². The quantitative estimate of drug-likeness (QED) is 0.306. The molecule has 2 heterocycles. The first kappa shape index (κ1) is 22.6. The van der Waals surface area contributed by atoms with Crippen LogP contribution in [0.15, 0.2) is 121 Å². The van der Waals surface area contributed by atoms with E-state index in [9.17, 15) is 4.79 Å². The van der Waals surface area contributed by atoms with Crippen LogP contribution in [0, 0.1) is 0 Å². The molecule has 0 radical (unpaired) electrons. The van der Waals surface area contributed by atoms with Gasteiger partial charge in [-0.1, -0.05) is 96.7 Å². The van der Waals surface area contributed by atoms with Crippen LogP contribution >= 0.6 is 11.8 Å². The fraction of sp³-hybridized carbons (Fsp3) is 0.0714. The number of carbonyl (C=O) groups excluding carboxylic acids is 1. The molecule has 0 aliphatic rings. The van der Waals surface area contributed by atoms with Gasteiger partial charge in [-0.25, -0.2) is 0 Å². The first-order chi connectivity index (χ1) is 17.3. The number of nitrogens with zero attached hydrogens (tertiary/aromatic N) is 4. The third-order valence-corrected chi connectivity index (χ3v) is 6.36. The number of thioether (sulfide) groups is 1. The highest BCUT2D eigenvalue weighted by atomic mass is 32.2. The minimum Gasteiger partial charge on any atom is -0.343 e. The van der Waals surface area contributed by atoms with E-state index in [1.807, 2.05) is 114 Å². The Balaban J connectivity index is 1.38. The van der Waals surface area contributed by atoms with E-state index < -0.39 is 0 Å². The maximum Gasteiger partial charge on any atom is 0.231 e. The molecule has 7 heteroatoms. The lowest BCUT2D eigenvalue weighted by Gasteiger charge is -2.19. The van der Waals surface area contributed by atoms with Crippen molar-refractivity contribution in [3.8, 4) is 17.1 Å². The Morgan fingerprint density at radius 2 is 1.46 bits per heavy atom. The fourth-order valence-electron chi connectivity index (χ4n) is 3.80. The van der Waals surface area contributed by atoms with Crippen molar-refractivity contribution in [3.05, 3.63) is 127 Å². The molecule has 1 N–H and O–H groups in total. The maximum absolute atomic E-state index is 13.1. The Hall–Kier alpha value is -4.23. The molecule has 1 unspecified atom stereocenters. The summed E-state index contributed by atoms with van der Waals surface area (Å²) in [5.74, 6) is 0.810. The van der Waals surface area contributed by atoms with Gasteiger partial charge in [0.1, 0.15) is 0 Å². The number of hydrogen-bond donors (Lipinski definition) is 1. The van der Waals surface area contributed by atoms with Gasteiger partial charge in [0.05, 0.1) is 17.5 Å². The molecule has 35 heavy (non-hydrogen) atoms. The minimum absolute atomic E-state index is 0.113. The van der Waals surface area contributed by atoms with Crippen LogP contribution in [0.25, 0.3) is 17.1 Å². The second kappa shape index (κ2) is 10.8. The van der Waals surface area contributed by atoms with E-state index in [0.29, 0.717) is 5.16 Å². The zero-order valence-corrected chi connectivity index (χ0v) is 19.7. The molecule has 0 saturated carbocycles. The third-order valence-electron chi connectivity index (χ3n) is 5.43. The Morgan fingerprint density at radius 1 is 0.800 bits per heavy atom. The second-order valence-corrected chi connectivity index (χ2v) is 8.74. The van der Waals surface area contributed by atoms with Crippen LogP contribution in [0.3, 0.4) is 0 Å². The van der Waals surface area contributed by atoms with Gasteiger partial charge in [-0.15, -0.1) is 10.2 Å². The molecule has 0 saturated heterocycles. The highest BCUT2D eigenvalue weighted by Crippen LogP contribution is 2.28. The Morgan fingerprint density at radius 3 is 2.14 bits per heavy atom. The Bertz CT molecular complexity index is 1340. The summed E-state index contributed by atoms with van der Waals surface area (Å²) in [5.41, 5.74) is 3.66. The number of hydrogen-bond acceptors (Lipinski definition) is 5. The minimum atomic E-state index is -0.336. The summed E-state index contributed by atoms with van der Waals surface area (Å²) in [6.07, 6.45) is 1.74.